The Kier molecular flexibility index (Phi) is 2.70. The summed E-state index contributed by atoms with van der Waals surface area (Å²) in [6, 6.07) is 16.3. The van der Waals surface area contributed by atoms with Gasteiger partial charge < -0.3 is 9.67 Å². The quantitative estimate of drug-likeness (QED) is 0.733. The Morgan fingerprint density at radius 1 is 1.14 bits per heavy atom. The average molecular weight is 289 g/mol. The molecule has 2 aromatic carbocycles. The van der Waals surface area contributed by atoms with Crippen LogP contribution in [0.1, 0.15) is 11.1 Å². The maximum atomic E-state index is 11.6. The fourth-order valence-electron chi connectivity index (χ4n) is 3.28. The van der Waals surface area contributed by atoms with E-state index in [0.717, 1.165) is 33.3 Å². The fraction of sp³-hybridized carbons (Fsp3) is 0.105. The fourth-order valence-corrected chi connectivity index (χ4v) is 3.28. The molecule has 3 nitrogen and oxygen atoms in total. The number of carboxylic acid groups (broad SMARTS) is 1. The highest BCUT2D eigenvalue weighted by atomic mass is 16.4. The number of aromatic nitrogens is 1. The molecule has 3 aromatic rings. The summed E-state index contributed by atoms with van der Waals surface area (Å²) in [5, 5.41) is 10.6. The number of fused-ring (bicyclic) bond motifs is 5. The van der Waals surface area contributed by atoms with Crippen molar-refractivity contribution in [3.63, 3.8) is 0 Å². The molecule has 108 valence electrons. The van der Waals surface area contributed by atoms with Gasteiger partial charge in [0.15, 0.2) is 0 Å². The summed E-state index contributed by atoms with van der Waals surface area (Å²) in [5.41, 5.74) is 5.81. The topological polar surface area (TPSA) is 42.2 Å². The van der Waals surface area contributed by atoms with Gasteiger partial charge in [0.05, 0.1) is 17.8 Å². The van der Waals surface area contributed by atoms with Crippen LogP contribution >= 0.6 is 0 Å². The summed E-state index contributed by atoms with van der Waals surface area (Å²) in [6.45, 7) is 2.45. The van der Waals surface area contributed by atoms with E-state index in [1.807, 2.05) is 30.3 Å². The van der Waals surface area contributed by atoms with Gasteiger partial charge in [-0.25, -0.2) is 4.79 Å². The molecular weight excluding hydrogens is 274 g/mol. The van der Waals surface area contributed by atoms with E-state index in [1.54, 1.807) is 6.08 Å². The second-order valence-corrected chi connectivity index (χ2v) is 5.69. The third-order valence-electron chi connectivity index (χ3n) is 4.30. The summed E-state index contributed by atoms with van der Waals surface area (Å²) >= 11 is 0. The van der Waals surface area contributed by atoms with Crippen molar-refractivity contribution in [2.45, 2.75) is 13.5 Å². The second-order valence-electron chi connectivity index (χ2n) is 5.69. The highest BCUT2D eigenvalue weighted by Gasteiger charge is 2.21. The third kappa shape index (κ3) is 1.79. The van der Waals surface area contributed by atoms with Crippen molar-refractivity contribution < 1.29 is 9.90 Å². The van der Waals surface area contributed by atoms with E-state index in [9.17, 15) is 9.90 Å². The van der Waals surface area contributed by atoms with Gasteiger partial charge in [0.25, 0.3) is 0 Å². The van der Waals surface area contributed by atoms with Gasteiger partial charge in [-0.15, -0.1) is 0 Å². The Morgan fingerprint density at radius 2 is 1.95 bits per heavy atom. The van der Waals surface area contributed by atoms with Crippen LogP contribution < -0.4 is 0 Å². The second kappa shape index (κ2) is 4.60. The number of carboxylic acids is 1. The van der Waals surface area contributed by atoms with Crippen LogP contribution in [0.4, 0.5) is 0 Å². The molecule has 0 atom stereocenters. The Morgan fingerprint density at radius 3 is 2.77 bits per heavy atom. The van der Waals surface area contributed by atoms with E-state index >= 15 is 0 Å². The van der Waals surface area contributed by atoms with Crippen molar-refractivity contribution >= 4 is 22.9 Å². The molecule has 0 amide bonds. The van der Waals surface area contributed by atoms with Gasteiger partial charge in [-0.2, -0.15) is 0 Å². The molecule has 0 saturated heterocycles. The lowest BCUT2D eigenvalue weighted by Gasteiger charge is -2.11. The van der Waals surface area contributed by atoms with E-state index < -0.39 is 5.97 Å². The zero-order chi connectivity index (χ0) is 15.3. The zero-order valence-electron chi connectivity index (χ0n) is 12.2. The number of hydrogen-bond donors (Lipinski definition) is 1. The molecular formula is C19H15NO2. The number of aliphatic carboxylic acids is 1. The lowest BCUT2D eigenvalue weighted by molar-refractivity contribution is -0.132. The predicted octanol–water partition coefficient (Wildman–Crippen LogP) is 4.10. The minimum atomic E-state index is -0.863. The number of rotatable bonds is 1. The van der Waals surface area contributed by atoms with Gasteiger partial charge in [0.1, 0.15) is 0 Å². The first kappa shape index (κ1) is 12.9. The molecule has 3 heteroatoms. The molecule has 1 N–H and O–H groups in total. The van der Waals surface area contributed by atoms with E-state index in [0.29, 0.717) is 12.1 Å². The van der Waals surface area contributed by atoms with Crippen LogP contribution in [-0.4, -0.2) is 15.6 Å². The van der Waals surface area contributed by atoms with Gasteiger partial charge >= 0.3 is 5.97 Å². The molecule has 0 aliphatic carbocycles. The van der Waals surface area contributed by atoms with Crippen molar-refractivity contribution in [3.05, 3.63) is 65.2 Å². The van der Waals surface area contributed by atoms with Crippen LogP contribution in [0, 0.1) is 6.92 Å². The van der Waals surface area contributed by atoms with Crippen LogP contribution in [0.5, 0.6) is 0 Å². The average Bonchev–Trinajstić information content (AvgIpc) is 2.75. The van der Waals surface area contributed by atoms with E-state index in [2.05, 4.69) is 29.7 Å². The highest BCUT2D eigenvalue weighted by molar-refractivity contribution is 5.97. The van der Waals surface area contributed by atoms with Crippen molar-refractivity contribution in [2.24, 2.45) is 0 Å². The summed E-state index contributed by atoms with van der Waals surface area (Å²) < 4.78 is 2.11. The zero-order valence-corrected chi connectivity index (χ0v) is 12.2. The maximum absolute atomic E-state index is 11.6. The molecule has 1 aromatic heterocycles. The van der Waals surface area contributed by atoms with E-state index in [4.69, 9.17) is 0 Å². The Bertz CT molecular complexity index is 947. The Hall–Kier alpha value is -2.81. The van der Waals surface area contributed by atoms with E-state index in [-0.39, 0.29) is 0 Å². The number of carbonyl (C=O) groups is 1. The predicted molar refractivity (Wildman–Crippen MR) is 87.7 cm³/mol. The molecule has 22 heavy (non-hydrogen) atoms. The summed E-state index contributed by atoms with van der Waals surface area (Å²) in [6.07, 6.45) is 1.80. The SMILES string of the molecule is Cc1cccc2c1-c1cc3ccccc3n1CC(C(=O)O)=C2. The van der Waals surface area contributed by atoms with Crippen LogP contribution in [0.15, 0.2) is 54.1 Å². The monoisotopic (exact) mass is 289 g/mol. The van der Waals surface area contributed by atoms with Crippen molar-refractivity contribution in [1.29, 1.82) is 0 Å². The molecule has 0 saturated carbocycles. The molecule has 0 bridgehead atoms. The molecule has 1 aliphatic rings. The molecule has 0 fully saturated rings. The van der Waals surface area contributed by atoms with Gasteiger partial charge in [0.2, 0.25) is 0 Å². The molecule has 0 spiro atoms. The summed E-state index contributed by atoms with van der Waals surface area (Å²) in [4.78, 5) is 11.6. The number of aryl methyl sites for hydroxylation is 1. The lowest BCUT2D eigenvalue weighted by Crippen LogP contribution is -2.08. The Balaban J connectivity index is 2.13. The molecule has 2 heterocycles. The number of hydrogen-bond acceptors (Lipinski definition) is 1. The summed E-state index contributed by atoms with van der Waals surface area (Å²) in [7, 11) is 0. The minimum absolute atomic E-state index is 0.381. The first-order valence-corrected chi connectivity index (χ1v) is 7.27. The highest BCUT2D eigenvalue weighted by Crippen LogP contribution is 2.36. The van der Waals surface area contributed by atoms with Crippen LogP contribution in [0.25, 0.3) is 28.2 Å². The van der Waals surface area contributed by atoms with Crippen LogP contribution in [-0.2, 0) is 11.3 Å². The largest absolute Gasteiger partial charge is 0.478 e. The van der Waals surface area contributed by atoms with Gasteiger partial charge in [-0.1, -0.05) is 36.4 Å². The Labute approximate surface area is 128 Å². The first-order chi connectivity index (χ1) is 10.6. The van der Waals surface area contributed by atoms with Gasteiger partial charge in [-0.3, -0.25) is 0 Å². The number of nitrogens with zero attached hydrogens (tertiary/aromatic N) is 1. The van der Waals surface area contributed by atoms with Crippen LogP contribution in [0.2, 0.25) is 0 Å². The molecule has 4 rings (SSSR count). The first-order valence-electron chi connectivity index (χ1n) is 7.27. The third-order valence-corrected chi connectivity index (χ3v) is 4.30. The lowest BCUT2D eigenvalue weighted by atomic mass is 9.98. The number of benzene rings is 2. The molecule has 0 radical (unpaired) electrons. The molecule has 0 unspecified atom stereocenters. The van der Waals surface area contributed by atoms with Crippen molar-refractivity contribution in [2.75, 3.05) is 0 Å². The molecule has 1 aliphatic heterocycles. The standard InChI is InChI=1S/C19H15NO2/c1-12-5-4-7-14-9-15(19(21)22)11-20-16-8-3-2-6-13(16)10-17(20)18(12)14/h2-10H,11H2,1H3,(H,21,22). The minimum Gasteiger partial charge on any atom is -0.478 e. The summed E-state index contributed by atoms with van der Waals surface area (Å²) in [5.74, 6) is -0.863. The van der Waals surface area contributed by atoms with Crippen LogP contribution in [0.3, 0.4) is 0 Å². The van der Waals surface area contributed by atoms with Gasteiger partial charge in [0, 0.05) is 16.5 Å². The van der Waals surface area contributed by atoms with Crippen molar-refractivity contribution in [3.8, 4) is 11.3 Å². The maximum Gasteiger partial charge on any atom is 0.333 e. The van der Waals surface area contributed by atoms with Crippen molar-refractivity contribution in [1.82, 2.24) is 4.57 Å². The normalized spacial score (nSPS) is 13.2. The number of para-hydroxylation sites is 1. The van der Waals surface area contributed by atoms with E-state index in [1.165, 1.54) is 0 Å². The smallest absolute Gasteiger partial charge is 0.333 e. The van der Waals surface area contributed by atoms with Gasteiger partial charge in [-0.05, 0) is 36.3 Å².